The third kappa shape index (κ3) is 1.98. The Hall–Kier alpha value is -0.930. The average Bonchev–Trinajstić information content (AvgIpc) is 2.68. The van der Waals surface area contributed by atoms with Gasteiger partial charge in [-0.05, 0) is 32.3 Å². The molecule has 1 N–H and O–H groups in total. The summed E-state index contributed by atoms with van der Waals surface area (Å²) in [5, 5.41) is 1.40. The minimum absolute atomic E-state index is 0.661. The number of nitrogens with one attached hydrogen (secondary N) is 1. The molecule has 0 fully saturated rings. The number of likely N-dealkylation sites (N-methyl/N-ethyl adjacent to an activating group) is 1. The van der Waals surface area contributed by atoms with Gasteiger partial charge in [0.1, 0.15) is 0 Å². The lowest BCUT2D eigenvalue weighted by atomic mass is 10.0. The molecule has 2 nitrogen and oxygen atoms in total. The molecule has 1 unspecified atom stereocenters. The number of nitrogens with zero attached hydrogens (tertiary/aromatic N) is 1. The molecule has 2 heterocycles. The second-order valence-corrected chi connectivity index (χ2v) is 6.11. The summed E-state index contributed by atoms with van der Waals surface area (Å²) in [6.45, 7) is 1.14. The van der Waals surface area contributed by atoms with E-state index in [4.69, 9.17) is 0 Å². The molecule has 1 atom stereocenters. The Morgan fingerprint density at radius 3 is 3.00 bits per heavy atom. The number of thioether (sulfide) groups is 1. The quantitative estimate of drug-likeness (QED) is 0.876. The first-order valence-electron chi connectivity index (χ1n) is 6.14. The Balaban J connectivity index is 2.07. The van der Waals surface area contributed by atoms with Gasteiger partial charge in [0, 0.05) is 34.0 Å². The predicted octanol–water partition coefficient (Wildman–Crippen LogP) is 3.31. The summed E-state index contributed by atoms with van der Waals surface area (Å²) in [7, 11) is 4.31. The number of rotatable bonds is 2. The van der Waals surface area contributed by atoms with E-state index < -0.39 is 0 Å². The maximum absolute atomic E-state index is 3.62. The Morgan fingerprint density at radius 2 is 2.18 bits per heavy atom. The normalized spacial score (nSPS) is 19.8. The predicted molar refractivity (Wildman–Crippen MR) is 74.9 cm³/mol. The van der Waals surface area contributed by atoms with Crippen molar-refractivity contribution in [2.75, 3.05) is 26.4 Å². The topological polar surface area (TPSA) is 19.0 Å². The van der Waals surface area contributed by atoms with Gasteiger partial charge < -0.3 is 9.88 Å². The van der Waals surface area contributed by atoms with Crippen molar-refractivity contribution in [2.45, 2.75) is 17.2 Å². The molecular formula is C14H18N2S. The highest BCUT2D eigenvalue weighted by Gasteiger charge is 2.24. The molecular weight excluding hydrogens is 228 g/mol. The van der Waals surface area contributed by atoms with Crippen LogP contribution in [-0.2, 0) is 0 Å². The van der Waals surface area contributed by atoms with Gasteiger partial charge in [0.05, 0.1) is 0 Å². The molecule has 90 valence electrons. The van der Waals surface area contributed by atoms with Crippen molar-refractivity contribution >= 4 is 22.7 Å². The summed E-state index contributed by atoms with van der Waals surface area (Å²) in [6, 6.07) is 8.65. The number of para-hydroxylation sites is 1. The third-order valence-electron chi connectivity index (χ3n) is 3.39. The Bertz CT molecular complexity index is 530. The van der Waals surface area contributed by atoms with Crippen LogP contribution in [0.2, 0.25) is 0 Å². The number of hydrogen-bond acceptors (Lipinski definition) is 2. The summed E-state index contributed by atoms with van der Waals surface area (Å²) in [5.41, 5.74) is 2.74. The Kier molecular flexibility index (Phi) is 2.89. The molecule has 0 bridgehead atoms. The summed E-state index contributed by atoms with van der Waals surface area (Å²) in [5.74, 6) is 1.90. The standard InChI is InChI=1S/C14H18N2S/c1-16(2)9-10-7-8-17-14-11-5-3-4-6-12(11)15-13(10)14/h3-6,10,15H,7-9H2,1-2H3. The van der Waals surface area contributed by atoms with Crippen molar-refractivity contribution in [3.63, 3.8) is 0 Å². The number of fused-ring (bicyclic) bond motifs is 3. The highest BCUT2D eigenvalue weighted by Crippen LogP contribution is 2.41. The summed E-state index contributed by atoms with van der Waals surface area (Å²) in [6.07, 6.45) is 1.28. The van der Waals surface area contributed by atoms with Crippen molar-refractivity contribution in [3.05, 3.63) is 30.0 Å². The van der Waals surface area contributed by atoms with E-state index in [-0.39, 0.29) is 0 Å². The van der Waals surface area contributed by atoms with E-state index in [1.54, 1.807) is 0 Å². The van der Waals surface area contributed by atoms with Crippen LogP contribution in [0.25, 0.3) is 10.9 Å². The van der Waals surface area contributed by atoms with Crippen LogP contribution >= 0.6 is 11.8 Å². The monoisotopic (exact) mass is 246 g/mol. The Labute approximate surface area is 106 Å². The number of aromatic nitrogens is 1. The molecule has 3 heteroatoms. The fraction of sp³-hybridized carbons (Fsp3) is 0.429. The highest BCUT2D eigenvalue weighted by atomic mass is 32.2. The second-order valence-electron chi connectivity index (χ2n) is 5.01. The molecule has 0 amide bonds. The van der Waals surface area contributed by atoms with E-state index in [1.165, 1.54) is 33.7 Å². The van der Waals surface area contributed by atoms with Gasteiger partial charge in [-0.2, -0.15) is 0 Å². The summed E-state index contributed by atoms with van der Waals surface area (Å²) < 4.78 is 0. The van der Waals surface area contributed by atoms with Gasteiger partial charge in [0.25, 0.3) is 0 Å². The van der Waals surface area contributed by atoms with Crippen LogP contribution in [-0.4, -0.2) is 36.3 Å². The van der Waals surface area contributed by atoms with Crippen LogP contribution in [0.4, 0.5) is 0 Å². The molecule has 1 aliphatic heterocycles. The number of benzene rings is 1. The lowest BCUT2D eigenvalue weighted by molar-refractivity contribution is 0.363. The lowest BCUT2D eigenvalue weighted by Gasteiger charge is -2.25. The highest BCUT2D eigenvalue weighted by molar-refractivity contribution is 7.99. The maximum atomic E-state index is 3.62. The zero-order valence-electron chi connectivity index (χ0n) is 10.4. The molecule has 1 aliphatic rings. The van der Waals surface area contributed by atoms with Gasteiger partial charge in [-0.15, -0.1) is 11.8 Å². The van der Waals surface area contributed by atoms with Crippen LogP contribution in [0.1, 0.15) is 18.0 Å². The molecule has 0 saturated heterocycles. The van der Waals surface area contributed by atoms with Crippen LogP contribution in [0, 0.1) is 0 Å². The van der Waals surface area contributed by atoms with E-state index >= 15 is 0 Å². The largest absolute Gasteiger partial charge is 0.357 e. The van der Waals surface area contributed by atoms with Crippen LogP contribution in [0.15, 0.2) is 29.2 Å². The first kappa shape index (κ1) is 11.2. The fourth-order valence-corrected chi connectivity index (χ4v) is 3.96. The summed E-state index contributed by atoms with van der Waals surface area (Å²) in [4.78, 5) is 7.40. The lowest BCUT2D eigenvalue weighted by Crippen LogP contribution is -2.22. The van der Waals surface area contributed by atoms with E-state index in [9.17, 15) is 0 Å². The van der Waals surface area contributed by atoms with Gasteiger partial charge in [-0.1, -0.05) is 18.2 Å². The minimum atomic E-state index is 0.661. The first-order valence-corrected chi connectivity index (χ1v) is 7.12. The molecule has 1 aromatic carbocycles. The van der Waals surface area contributed by atoms with Crippen molar-refractivity contribution in [1.29, 1.82) is 0 Å². The van der Waals surface area contributed by atoms with E-state index in [0.29, 0.717) is 5.92 Å². The fourth-order valence-electron chi connectivity index (χ4n) is 2.65. The minimum Gasteiger partial charge on any atom is -0.357 e. The molecule has 0 radical (unpaired) electrons. The molecule has 0 spiro atoms. The van der Waals surface area contributed by atoms with Gasteiger partial charge in [-0.3, -0.25) is 0 Å². The average molecular weight is 246 g/mol. The zero-order chi connectivity index (χ0) is 11.8. The second kappa shape index (κ2) is 4.39. The van der Waals surface area contributed by atoms with Crippen LogP contribution < -0.4 is 0 Å². The zero-order valence-corrected chi connectivity index (χ0v) is 11.2. The van der Waals surface area contributed by atoms with E-state index in [1.807, 2.05) is 11.8 Å². The molecule has 0 aliphatic carbocycles. The number of H-pyrrole nitrogens is 1. The summed E-state index contributed by atoms with van der Waals surface area (Å²) >= 11 is 2.01. The van der Waals surface area contributed by atoms with Crippen molar-refractivity contribution < 1.29 is 0 Å². The Morgan fingerprint density at radius 1 is 1.35 bits per heavy atom. The van der Waals surface area contributed by atoms with E-state index in [0.717, 1.165) is 6.54 Å². The number of hydrogen-bond donors (Lipinski definition) is 1. The SMILES string of the molecule is CN(C)CC1CCSc2c1[nH]c1ccccc21. The maximum Gasteiger partial charge on any atom is 0.0467 e. The number of aromatic amines is 1. The van der Waals surface area contributed by atoms with Gasteiger partial charge in [-0.25, -0.2) is 0 Å². The smallest absolute Gasteiger partial charge is 0.0467 e. The third-order valence-corrected chi connectivity index (χ3v) is 4.56. The molecule has 0 saturated carbocycles. The molecule has 17 heavy (non-hydrogen) atoms. The van der Waals surface area contributed by atoms with E-state index in [2.05, 4.69) is 48.2 Å². The van der Waals surface area contributed by atoms with Crippen LogP contribution in [0.5, 0.6) is 0 Å². The van der Waals surface area contributed by atoms with Gasteiger partial charge in [0.2, 0.25) is 0 Å². The molecule has 2 aromatic rings. The first-order chi connectivity index (χ1) is 8.25. The van der Waals surface area contributed by atoms with Crippen molar-refractivity contribution in [2.24, 2.45) is 0 Å². The van der Waals surface area contributed by atoms with Crippen molar-refractivity contribution in [1.82, 2.24) is 9.88 Å². The van der Waals surface area contributed by atoms with Crippen LogP contribution in [0.3, 0.4) is 0 Å². The molecule has 3 rings (SSSR count). The van der Waals surface area contributed by atoms with Crippen molar-refractivity contribution in [3.8, 4) is 0 Å². The molecule has 1 aromatic heterocycles. The van der Waals surface area contributed by atoms with Gasteiger partial charge in [0.15, 0.2) is 0 Å². The van der Waals surface area contributed by atoms with Gasteiger partial charge >= 0.3 is 0 Å².